The van der Waals surface area contributed by atoms with Crippen LogP contribution in [-0.4, -0.2) is 30.3 Å². The van der Waals surface area contributed by atoms with E-state index in [9.17, 15) is 17.6 Å². The highest BCUT2D eigenvalue weighted by atomic mass is 32.2. The van der Waals surface area contributed by atoms with Crippen LogP contribution in [0.15, 0.2) is 77.7 Å². The molecule has 7 nitrogen and oxygen atoms in total. The van der Waals surface area contributed by atoms with Gasteiger partial charge >= 0.3 is 0 Å². The van der Waals surface area contributed by atoms with Crippen molar-refractivity contribution in [3.8, 4) is 11.4 Å². The highest BCUT2D eigenvalue weighted by molar-refractivity contribution is 7.89. The molecule has 1 amide bonds. The molecule has 9 heteroatoms. The maximum Gasteiger partial charge on any atom is 0.242 e. The van der Waals surface area contributed by atoms with Crippen LogP contribution in [0.25, 0.3) is 22.4 Å². The van der Waals surface area contributed by atoms with Gasteiger partial charge in [-0.2, -0.15) is 4.72 Å². The van der Waals surface area contributed by atoms with E-state index in [4.69, 9.17) is 0 Å². The summed E-state index contributed by atoms with van der Waals surface area (Å²) in [5.41, 5.74) is 2.56. The van der Waals surface area contributed by atoms with Crippen LogP contribution in [0.4, 0.5) is 10.1 Å². The third-order valence-electron chi connectivity index (χ3n) is 4.65. The Kier molecular flexibility index (Phi) is 5.53. The predicted molar refractivity (Wildman–Crippen MR) is 116 cm³/mol. The molecule has 3 N–H and O–H groups in total. The van der Waals surface area contributed by atoms with Crippen LogP contribution >= 0.6 is 0 Å². The average molecular weight is 438 g/mol. The van der Waals surface area contributed by atoms with Crippen molar-refractivity contribution in [1.82, 2.24) is 14.7 Å². The maximum absolute atomic E-state index is 13.1. The molecule has 158 valence electrons. The van der Waals surface area contributed by atoms with Crippen LogP contribution in [0, 0.1) is 5.82 Å². The van der Waals surface area contributed by atoms with Crippen molar-refractivity contribution in [2.45, 2.75) is 17.9 Å². The number of nitrogens with zero attached hydrogens (tertiary/aromatic N) is 1. The smallest absolute Gasteiger partial charge is 0.242 e. The fraction of sp³-hybridized carbons (Fsp3) is 0.0909. The Morgan fingerprint density at radius 2 is 1.74 bits per heavy atom. The van der Waals surface area contributed by atoms with Crippen LogP contribution in [0.5, 0.6) is 0 Å². The van der Waals surface area contributed by atoms with E-state index in [0.717, 1.165) is 5.56 Å². The molecule has 31 heavy (non-hydrogen) atoms. The molecule has 0 aliphatic rings. The lowest BCUT2D eigenvalue weighted by molar-refractivity contribution is -0.117. The summed E-state index contributed by atoms with van der Waals surface area (Å²) in [5.74, 6) is -0.263. The second kappa shape index (κ2) is 8.29. The van der Waals surface area contributed by atoms with Crippen molar-refractivity contribution in [2.75, 3.05) is 5.32 Å². The van der Waals surface area contributed by atoms with E-state index in [-0.39, 0.29) is 10.7 Å². The number of carbonyl (C=O) groups is 1. The molecule has 0 saturated carbocycles. The van der Waals surface area contributed by atoms with Gasteiger partial charge in [0.1, 0.15) is 11.6 Å². The van der Waals surface area contributed by atoms with Gasteiger partial charge in [-0.25, -0.2) is 17.8 Å². The molecule has 0 saturated heterocycles. The van der Waals surface area contributed by atoms with Crippen LogP contribution in [0.1, 0.15) is 6.92 Å². The molecular weight excluding hydrogens is 419 g/mol. The lowest BCUT2D eigenvalue weighted by Gasteiger charge is -2.14. The summed E-state index contributed by atoms with van der Waals surface area (Å²) in [6.45, 7) is 1.47. The largest absolute Gasteiger partial charge is 0.338 e. The fourth-order valence-electron chi connectivity index (χ4n) is 3.04. The first kappa shape index (κ1) is 20.7. The van der Waals surface area contributed by atoms with Crippen LogP contribution in [0.2, 0.25) is 0 Å². The molecule has 4 rings (SSSR count). The number of hydrogen-bond donors (Lipinski definition) is 3. The number of H-pyrrole nitrogens is 1. The Morgan fingerprint density at radius 1 is 1.03 bits per heavy atom. The Balaban J connectivity index is 1.48. The number of fused-ring (bicyclic) bond motifs is 1. The summed E-state index contributed by atoms with van der Waals surface area (Å²) < 4.78 is 40.3. The van der Waals surface area contributed by atoms with E-state index in [2.05, 4.69) is 20.0 Å². The molecule has 0 unspecified atom stereocenters. The Hall–Kier alpha value is -3.56. The maximum atomic E-state index is 13.1. The van der Waals surface area contributed by atoms with Crippen molar-refractivity contribution < 1.29 is 17.6 Å². The molecule has 3 aromatic carbocycles. The van der Waals surface area contributed by atoms with Gasteiger partial charge in [0, 0.05) is 11.3 Å². The number of amides is 1. The van der Waals surface area contributed by atoms with Gasteiger partial charge in [-0.15, -0.1) is 0 Å². The summed E-state index contributed by atoms with van der Waals surface area (Å²) in [4.78, 5) is 20.2. The zero-order valence-electron chi connectivity index (χ0n) is 16.5. The molecule has 1 heterocycles. The van der Waals surface area contributed by atoms with E-state index in [0.29, 0.717) is 22.5 Å². The molecular formula is C22H19FN4O3S. The summed E-state index contributed by atoms with van der Waals surface area (Å²) in [7, 11) is -3.82. The number of benzene rings is 3. The molecule has 1 atom stereocenters. The lowest BCUT2D eigenvalue weighted by atomic mass is 10.2. The summed E-state index contributed by atoms with van der Waals surface area (Å²) in [6, 6.07) is 17.9. The second-order valence-corrected chi connectivity index (χ2v) is 8.68. The minimum atomic E-state index is -3.82. The van der Waals surface area contributed by atoms with E-state index >= 15 is 0 Å². The van der Waals surface area contributed by atoms with Gasteiger partial charge in [0.25, 0.3) is 0 Å². The average Bonchev–Trinajstić information content (AvgIpc) is 3.18. The number of nitrogens with one attached hydrogen (secondary N) is 3. The molecule has 1 aromatic heterocycles. The molecule has 0 fully saturated rings. The predicted octanol–water partition coefficient (Wildman–Crippen LogP) is 3.67. The monoisotopic (exact) mass is 438 g/mol. The summed E-state index contributed by atoms with van der Waals surface area (Å²) in [5, 5.41) is 2.70. The SMILES string of the molecule is C[C@H](NS(=O)(=O)c1ccccc1)C(=O)Nc1ccc2nc(-c3ccc(F)cc3)[nH]c2c1. The quantitative estimate of drug-likeness (QED) is 0.427. The summed E-state index contributed by atoms with van der Waals surface area (Å²) in [6.07, 6.45) is 0. The van der Waals surface area contributed by atoms with Crippen LogP contribution in [0.3, 0.4) is 0 Å². The molecule has 4 aromatic rings. The van der Waals surface area contributed by atoms with Crippen molar-refractivity contribution >= 4 is 32.7 Å². The topological polar surface area (TPSA) is 104 Å². The zero-order valence-corrected chi connectivity index (χ0v) is 17.3. The highest BCUT2D eigenvalue weighted by Crippen LogP contribution is 2.23. The van der Waals surface area contributed by atoms with Gasteiger partial charge in [-0.05, 0) is 61.5 Å². The highest BCUT2D eigenvalue weighted by Gasteiger charge is 2.22. The van der Waals surface area contributed by atoms with Crippen LogP contribution in [-0.2, 0) is 14.8 Å². The van der Waals surface area contributed by atoms with Gasteiger partial charge in [0.05, 0.1) is 22.0 Å². The van der Waals surface area contributed by atoms with Crippen molar-refractivity contribution in [2.24, 2.45) is 0 Å². The number of sulfonamides is 1. The number of hydrogen-bond acceptors (Lipinski definition) is 4. The number of aromatic nitrogens is 2. The number of carbonyl (C=O) groups excluding carboxylic acids is 1. The van der Waals surface area contributed by atoms with Gasteiger partial charge in [-0.3, -0.25) is 4.79 Å². The van der Waals surface area contributed by atoms with Gasteiger partial charge in [-0.1, -0.05) is 18.2 Å². The Bertz CT molecular complexity index is 1340. The third-order valence-corrected chi connectivity index (χ3v) is 6.20. The van der Waals surface area contributed by atoms with Gasteiger partial charge < -0.3 is 10.3 Å². The first-order chi connectivity index (χ1) is 14.8. The van der Waals surface area contributed by atoms with Crippen molar-refractivity contribution in [1.29, 1.82) is 0 Å². The third kappa shape index (κ3) is 4.62. The van der Waals surface area contributed by atoms with Crippen LogP contribution < -0.4 is 10.0 Å². The summed E-state index contributed by atoms with van der Waals surface area (Å²) >= 11 is 0. The van der Waals surface area contributed by atoms with E-state index in [1.54, 1.807) is 48.5 Å². The standard InChI is InChI=1S/C22H19FN4O3S/c1-14(27-31(29,30)18-5-3-2-4-6-18)22(28)24-17-11-12-19-20(13-17)26-21(25-19)15-7-9-16(23)10-8-15/h2-14,27H,1H3,(H,24,28)(H,25,26)/t14-/m0/s1. The molecule has 0 radical (unpaired) electrons. The van der Waals surface area contributed by atoms with Crippen molar-refractivity contribution in [3.05, 3.63) is 78.6 Å². The Morgan fingerprint density at radius 3 is 2.45 bits per heavy atom. The number of rotatable bonds is 6. The minimum Gasteiger partial charge on any atom is -0.338 e. The van der Waals surface area contributed by atoms with Gasteiger partial charge in [0.15, 0.2) is 0 Å². The lowest BCUT2D eigenvalue weighted by Crippen LogP contribution is -2.41. The minimum absolute atomic E-state index is 0.0850. The first-order valence-corrected chi connectivity index (χ1v) is 10.9. The van der Waals surface area contributed by atoms with E-state index < -0.39 is 22.0 Å². The van der Waals surface area contributed by atoms with E-state index in [1.165, 1.54) is 31.2 Å². The molecule has 0 aliphatic carbocycles. The number of aromatic amines is 1. The first-order valence-electron chi connectivity index (χ1n) is 9.46. The Labute approximate surface area is 178 Å². The van der Waals surface area contributed by atoms with Crippen molar-refractivity contribution in [3.63, 3.8) is 0 Å². The number of imidazole rings is 1. The number of halogens is 1. The molecule has 0 aliphatic heterocycles. The van der Waals surface area contributed by atoms with Gasteiger partial charge in [0.2, 0.25) is 15.9 Å². The van der Waals surface area contributed by atoms with E-state index in [1.807, 2.05) is 0 Å². The normalized spacial score (nSPS) is 12.6. The molecule has 0 spiro atoms. The zero-order chi connectivity index (χ0) is 22.0. The second-order valence-electron chi connectivity index (χ2n) is 6.97. The molecule has 0 bridgehead atoms. The number of anilines is 1. The fourth-order valence-corrected chi connectivity index (χ4v) is 4.26.